The highest BCUT2D eigenvalue weighted by molar-refractivity contribution is 7.10. The normalized spacial score (nSPS) is 12.6. The third-order valence-electron chi connectivity index (χ3n) is 2.80. The molecular weight excluding hydrogens is 233 g/mol. The molecule has 0 aliphatic carbocycles. The predicted molar refractivity (Wildman–Crippen MR) is 70.7 cm³/mol. The van der Waals surface area contributed by atoms with E-state index in [0.29, 0.717) is 11.6 Å². The van der Waals surface area contributed by atoms with Crippen molar-refractivity contribution in [2.24, 2.45) is 0 Å². The van der Waals surface area contributed by atoms with Crippen molar-refractivity contribution in [1.82, 2.24) is 5.32 Å². The predicted octanol–water partition coefficient (Wildman–Crippen LogP) is 4.05. The van der Waals surface area contributed by atoms with Gasteiger partial charge in [-0.3, -0.25) is 0 Å². The maximum absolute atomic E-state index is 13.1. The zero-order valence-corrected chi connectivity index (χ0v) is 10.9. The summed E-state index contributed by atoms with van der Waals surface area (Å²) in [5.74, 6) is -0.139. The largest absolute Gasteiger partial charge is 0.305 e. The molecule has 0 bridgehead atoms. The van der Waals surface area contributed by atoms with Gasteiger partial charge in [-0.1, -0.05) is 18.2 Å². The lowest BCUT2D eigenvalue weighted by Gasteiger charge is -2.12. The summed E-state index contributed by atoms with van der Waals surface area (Å²) in [6, 6.07) is 9.76. The Hall–Kier alpha value is -1.19. The van der Waals surface area contributed by atoms with Crippen LogP contribution < -0.4 is 5.32 Å². The van der Waals surface area contributed by atoms with Gasteiger partial charge in [0.2, 0.25) is 0 Å². The molecule has 2 rings (SSSR count). The molecule has 3 heteroatoms. The molecule has 0 saturated carbocycles. The van der Waals surface area contributed by atoms with E-state index in [9.17, 15) is 4.39 Å². The summed E-state index contributed by atoms with van der Waals surface area (Å²) in [6.07, 6.45) is 0. The van der Waals surface area contributed by atoms with Crippen molar-refractivity contribution < 1.29 is 4.39 Å². The van der Waals surface area contributed by atoms with Gasteiger partial charge >= 0.3 is 0 Å². The lowest BCUT2D eigenvalue weighted by molar-refractivity contribution is 0.579. The lowest BCUT2D eigenvalue weighted by atomic mass is 10.1. The van der Waals surface area contributed by atoms with Gasteiger partial charge in [0.05, 0.1) is 0 Å². The Labute approximate surface area is 105 Å². The Bertz CT molecular complexity index is 479. The molecule has 1 aromatic heterocycles. The maximum atomic E-state index is 13.1. The zero-order valence-electron chi connectivity index (χ0n) is 10.0. The van der Waals surface area contributed by atoms with Gasteiger partial charge in [0.15, 0.2) is 0 Å². The monoisotopic (exact) mass is 249 g/mol. The maximum Gasteiger partial charge on any atom is 0.126 e. The average Bonchev–Trinajstić information content (AvgIpc) is 2.84. The van der Waals surface area contributed by atoms with Crippen LogP contribution in [-0.4, -0.2) is 0 Å². The Balaban J connectivity index is 1.96. The van der Waals surface area contributed by atoms with Crippen LogP contribution in [0.5, 0.6) is 0 Å². The SMILES string of the molecule is Cc1cc(CN[C@H](C)c2cccs2)ccc1F. The minimum Gasteiger partial charge on any atom is -0.305 e. The number of benzene rings is 1. The fraction of sp³-hybridized carbons (Fsp3) is 0.286. The summed E-state index contributed by atoms with van der Waals surface area (Å²) in [4.78, 5) is 1.32. The molecular formula is C14H16FNS. The number of aryl methyl sites for hydroxylation is 1. The van der Waals surface area contributed by atoms with Crippen LogP contribution in [0.4, 0.5) is 4.39 Å². The molecule has 1 heterocycles. The minimum atomic E-state index is -0.139. The Morgan fingerprint density at radius 3 is 2.82 bits per heavy atom. The Morgan fingerprint density at radius 1 is 1.35 bits per heavy atom. The summed E-state index contributed by atoms with van der Waals surface area (Å²) >= 11 is 1.75. The second-order valence-corrected chi connectivity index (χ2v) is 5.18. The summed E-state index contributed by atoms with van der Waals surface area (Å²) in [5, 5.41) is 5.51. The molecule has 0 unspecified atom stereocenters. The number of nitrogens with one attached hydrogen (secondary N) is 1. The number of hydrogen-bond donors (Lipinski definition) is 1. The molecule has 1 aromatic carbocycles. The van der Waals surface area contributed by atoms with Crippen molar-refractivity contribution in [3.63, 3.8) is 0 Å². The van der Waals surface area contributed by atoms with Crippen molar-refractivity contribution in [1.29, 1.82) is 0 Å². The van der Waals surface area contributed by atoms with Crippen molar-refractivity contribution in [2.75, 3.05) is 0 Å². The van der Waals surface area contributed by atoms with Crippen LogP contribution in [0, 0.1) is 12.7 Å². The third-order valence-corrected chi connectivity index (χ3v) is 3.86. The summed E-state index contributed by atoms with van der Waals surface area (Å²) in [6.45, 7) is 4.70. The molecule has 2 aromatic rings. The molecule has 1 nitrogen and oxygen atoms in total. The van der Waals surface area contributed by atoms with E-state index in [4.69, 9.17) is 0 Å². The van der Waals surface area contributed by atoms with Gasteiger partial charge in [-0.2, -0.15) is 0 Å². The molecule has 1 N–H and O–H groups in total. The van der Waals surface area contributed by atoms with E-state index in [0.717, 1.165) is 12.1 Å². The Kier molecular flexibility index (Phi) is 3.92. The highest BCUT2D eigenvalue weighted by Crippen LogP contribution is 2.18. The topological polar surface area (TPSA) is 12.0 Å². The van der Waals surface area contributed by atoms with Crippen molar-refractivity contribution in [3.05, 3.63) is 57.5 Å². The Morgan fingerprint density at radius 2 is 2.18 bits per heavy atom. The van der Waals surface area contributed by atoms with Gasteiger partial charge in [-0.15, -0.1) is 11.3 Å². The van der Waals surface area contributed by atoms with Crippen LogP contribution in [0.3, 0.4) is 0 Å². The fourth-order valence-corrected chi connectivity index (χ4v) is 2.48. The quantitative estimate of drug-likeness (QED) is 0.862. The summed E-state index contributed by atoms with van der Waals surface area (Å²) in [5.41, 5.74) is 1.82. The summed E-state index contributed by atoms with van der Waals surface area (Å²) < 4.78 is 13.1. The molecule has 0 fully saturated rings. The third kappa shape index (κ3) is 3.14. The van der Waals surface area contributed by atoms with E-state index in [1.54, 1.807) is 18.3 Å². The van der Waals surface area contributed by atoms with E-state index in [2.05, 4.69) is 29.8 Å². The van der Waals surface area contributed by atoms with Gasteiger partial charge in [0, 0.05) is 17.5 Å². The van der Waals surface area contributed by atoms with Gasteiger partial charge in [0.25, 0.3) is 0 Å². The molecule has 0 radical (unpaired) electrons. The fourth-order valence-electron chi connectivity index (χ4n) is 1.73. The van der Waals surface area contributed by atoms with Gasteiger partial charge in [-0.25, -0.2) is 4.39 Å². The van der Waals surface area contributed by atoms with E-state index in [1.165, 1.54) is 10.9 Å². The molecule has 0 amide bonds. The number of halogens is 1. The van der Waals surface area contributed by atoms with Crippen LogP contribution in [0.15, 0.2) is 35.7 Å². The van der Waals surface area contributed by atoms with Crippen LogP contribution in [0.1, 0.15) is 29.0 Å². The first-order valence-corrected chi connectivity index (χ1v) is 6.56. The van der Waals surface area contributed by atoms with Gasteiger partial charge in [-0.05, 0) is 42.5 Å². The van der Waals surface area contributed by atoms with Gasteiger partial charge in [0.1, 0.15) is 5.82 Å². The van der Waals surface area contributed by atoms with E-state index >= 15 is 0 Å². The van der Waals surface area contributed by atoms with Crippen molar-refractivity contribution in [3.8, 4) is 0 Å². The highest BCUT2D eigenvalue weighted by atomic mass is 32.1. The van der Waals surface area contributed by atoms with Gasteiger partial charge < -0.3 is 5.32 Å². The van der Waals surface area contributed by atoms with E-state index in [1.807, 2.05) is 12.1 Å². The summed E-state index contributed by atoms with van der Waals surface area (Å²) in [7, 11) is 0. The first-order valence-electron chi connectivity index (χ1n) is 5.68. The molecule has 0 spiro atoms. The molecule has 90 valence electrons. The standard InChI is InChI=1S/C14H16FNS/c1-10-8-12(5-6-13(10)15)9-16-11(2)14-4-3-7-17-14/h3-8,11,16H,9H2,1-2H3/t11-/m1/s1. The lowest BCUT2D eigenvalue weighted by Crippen LogP contribution is -2.17. The molecule has 0 aliphatic heterocycles. The van der Waals surface area contributed by atoms with Crippen molar-refractivity contribution >= 4 is 11.3 Å². The smallest absolute Gasteiger partial charge is 0.126 e. The van der Waals surface area contributed by atoms with Crippen LogP contribution in [0.25, 0.3) is 0 Å². The molecule has 0 aliphatic rings. The second kappa shape index (κ2) is 5.43. The minimum absolute atomic E-state index is 0.139. The van der Waals surface area contributed by atoms with E-state index in [-0.39, 0.29) is 5.82 Å². The zero-order chi connectivity index (χ0) is 12.3. The molecule has 1 atom stereocenters. The number of hydrogen-bond acceptors (Lipinski definition) is 2. The van der Waals surface area contributed by atoms with E-state index < -0.39 is 0 Å². The highest BCUT2D eigenvalue weighted by Gasteiger charge is 2.06. The van der Waals surface area contributed by atoms with Crippen molar-refractivity contribution in [2.45, 2.75) is 26.4 Å². The number of thiophene rings is 1. The first-order chi connectivity index (χ1) is 8.16. The van der Waals surface area contributed by atoms with Crippen LogP contribution in [-0.2, 0) is 6.54 Å². The number of rotatable bonds is 4. The average molecular weight is 249 g/mol. The molecule has 17 heavy (non-hydrogen) atoms. The molecule has 0 saturated heterocycles. The second-order valence-electron chi connectivity index (χ2n) is 4.20. The first kappa shape index (κ1) is 12.3. The van der Waals surface area contributed by atoms with Crippen LogP contribution >= 0.6 is 11.3 Å². The van der Waals surface area contributed by atoms with Crippen LogP contribution in [0.2, 0.25) is 0 Å².